The first kappa shape index (κ1) is 20.5. The Morgan fingerprint density at radius 3 is 2.36 bits per heavy atom. The summed E-state index contributed by atoms with van der Waals surface area (Å²) in [4.78, 5) is 12.3. The van der Waals surface area contributed by atoms with Crippen molar-refractivity contribution in [2.45, 2.75) is 18.1 Å². The number of carbonyl (C=O) groups is 1. The number of benzene rings is 2. The molecule has 0 saturated carbocycles. The number of allylic oxidation sites excluding steroid dienone is 1. The number of rotatable bonds is 3. The summed E-state index contributed by atoms with van der Waals surface area (Å²) >= 11 is 18.6. The molecule has 0 bridgehead atoms. The quantitative estimate of drug-likeness (QED) is 0.686. The first-order valence-corrected chi connectivity index (χ1v) is 9.28. The maximum absolute atomic E-state index is 12.3. The second-order valence-corrected chi connectivity index (χ2v) is 7.38. The van der Waals surface area contributed by atoms with Crippen molar-refractivity contribution < 1.29 is 19.4 Å². The molecule has 1 aliphatic heterocycles. The molecular formula is C20H14Cl3NO4. The van der Waals surface area contributed by atoms with Crippen LogP contribution >= 0.6 is 34.8 Å². The summed E-state index contributed by atoms with van der Waals surface area (Å²) in [7, 11) is 1.13. The van der Waals surface area contributed by atoms with Gasteiger partial charge in [0.05, 0.1) is 18.8 Å². The molecule has 1 N–H and O–H groups in total. The molecule has 2 unspecified atom stereocenters. The lowest BCUT2D eigenvalue weighted by Gasteiger charge is -2.36. The van der Waals surface area contributed by atoms with Crippen molar-refractivity contribution in [2.24, 2.45) is 0 Å². The van der Waals surface area contributed by atoms with Crippen LogP contribution in [0.5, 0.6) is 0 Å². The normalized spacial score (nSPS) is 21.6. The average Bonchev–Trinajstić information content (AvgIpc) is 2.67. The molecule has 2 aromatic rings. The summed E-state index contributed by atoms with van der Waals surface area (Å²) in [6.07, 6.45) is -0.289. The molecule has 2 aromatic carbocycles. The van der Waals surface area contributed by atoms with Crippen LogP contribution in [0.2, 0.25) is 15.1 Å². The van der Waals surface area contributed by atoms with Crippen LogP contribution in [0.3, 0.4) is 0 Å². The number of nitriles is 1. The largest absolute Gasteiger partial charge is 0.464 e. The Labute approximate surface area is 176 Å². The van der Waals surface area contributed by atoms with Gasteiger partial charge in [-0.25, -0.2) is 4.79 Å². The molecule has 1 heterocycles. The van der Waals surface area contributed by atoms with Crippen LogP contribution in [0.15, 0.2) is 48.0 Å². The first-order chi connectivity index (χ1) is 13.3. The van der Waals surface area contributed by atoms with E-state index in [2.05, 4.69) is 6.07 Å². The van der Waals surface area contributed by atoms with Crippen molar-refractivity contribution in [3.63, 3.8) is 0 Å². The first-order valence-electron chi connectivity index (χ1n) is 8.14. The highest BCUT2D eigenvalue weighted by Crippen LogP contribution is 2.48. The zero-order valence-corrected chi connectivity index (χ0v) is 16.8. The molecule has 28 heavy (non-hydrogen) atoms. The van der Waals surface area contributed by atoms with E-state index in [-0.39, 0.29) is 17.8 Å². The Hall–Kier alpha value is -2.23. The molecule has 0 amide bonds. The van der Waals surface area contributed by atoms with Crippen LogP contribution in [0.1, 0.15) is 23.5 Å². The lowest BCUT2D eigenvalue weighted by atomic mass is 9.81. The van der Waals surface area contributed by atoms with Gasteiger partial charge in [0.2, 0.25) is 0 Å². The summed E-state index contributed by atoms with van der Waals surface area (Å²) in [6.45, 7) is 0. The number of aliphatic hydroxyl groups is 1. The van der Waals surface area contributed by atoms with Gasteiger partial charge in [-0.2, -0.15) is 5.26 Å². The summed E-state index contributed by atoms with van der Waals surface area (Å²) in [5.74, 6) is -4.09. The summed E-state index contributed by atoms with van der Waals surface area (Å²) < 4.78 is 10.3. The van der Waals surface area contributed by atoms with Crippen molar-refractivity contribution in [3.05, 3.63) is 74.2 Å². The summed E-state index contributed by atoms with van der Waals surface area (Å²) in [6, 6.07) is 13.4. The number of halogens is 3. The Kier molecular flexibility index (Phi) is 5.87. The number of carbonyl (C=O) groups excluding carboxylic acids is 1. The molecule has 0 radical (unpaired) electrons. The van der Waals surface area contributed by atoms with E-state index in [9.17, 15) is 15.2 Å². The van der Waals surface area contributed by atoms with Crippen LogP contribution in [-0.2, 0) is 14.3 Å². The van der Waals surface area contributed by atoms with Gasteiger partial charge < -0.3 is 14.6 Å². The third kappa shape index (κ3) is 3.69. The minimum absolute atomic E-state index is 0.0271. The zero-order valence-electron chi connectivity index (χ0n) is 14.6. The van der Waals surface area contributed by atoms with Gasteiger partial charge in [0.1, 0.15) is 5.76 Å². The van der Waals surface area contributed by atoms with Crippen LogP contribution < -0.4 is 0 Å². The third-order valence-electron chi connectivity index (χ3n) is 4.42. The molecule has 1 aliphatic rings. The molecule has 0 aromatic heterocycles. The fraction of sp³-hybridized carbons (Fsp3) is 0.200. The molecule has 0 spiro atoms. The predicted molar refractivity (Wildman–Crippen MR) is 106 cm³/mol. The number of hydrogen-bond acceptors (Lipinski definition) is 5. The van der Waals surface area contributed by atoms with Crippen LogP contribution in [0.4, 0.5) is 0 Å². The van der Waals surface area contributed by atoms with Crippen LogP contribution in [-0.4, -0.2) is 24.0 Å². The predicted octanol–water partition coefficient (Wildman–Crippen LogP) is 4.95. The SMILES string of the molecule is COC(=O)C1(O)CC(c2c(Cl)cccc2Cl)C(C#N)=C(c2ccc(Cl)cc2)O1. The van der Waals surface area contributed by atoms with Gasteiger partial charge in [-0.3, -0.25) is 0 Å². The van der Waals surface area contributed by atoms with E-state index < -0.39 is 17.7 Å². The fourth-order valence-electron chi connectivity index (χ4n) is 3.12. The molecule has 5 nitrogen and oxygen atoms in total. The van der Waals surface area contributed by atoms with E-state index in [1.807, 2.05) is 0 Å². The smallest absolute Gasteiger partial charge is 0.379 e. The molecule has 0 aliphatic carbocycles. The van der Waals surface area contributed by atoms with E-state index in [0.29, 0.717) is 26.2 Å². The van der Waals surface area contributed by atoms with E-state index in [4.69, 9.17) is 44.3 Å². The molecule has 0 saturated heterocycles. The van der Waals surface area contributed by atoms with Gasteiger partial charge in [-0.15, -0.1) is 0 Å². The average molecular weight is 439 g/mol. The van der Waals surface area contributed by atoms with Gasteiger partial charge in [-0.05, 0) is 42.0 Å². The van der Waals surface area contributed by atoms with Gasteiger partial charge in [-0.1, -0.05) is 40.9 Å². The molecule has 8 heteroatoms. The van der Waals surface area contributed by atoms with E-state index in [0.717, 1.165) is 7.11 Å². The van der Waals surface area contributed by atoms with Crippen molar-refractivity contribution >= 4 is 46.5 Å². The third-order valence-corrected chi connectivity index (χ3v) is 5.34. The van der Waals surface area contributed by atoms with Gasteiger partial charge in [0.25, 0.3) is 0 Å². The minimum atomic E-state index is -2.32. The Balaban J connectivity index is 2.27. The highest BCUT2D eigenvalue weighted by Gasteiger charge is 2.49. The van der Waals surface area contributed by atoms with Crippen LogP contribution in [0.25, 0.3) is 5.76 Å². The number of hydrogen-bond donors (Lipinski definition) is 1. The topological polar surface area (TPSA) is 79.5 Å². The monoisotopic (exact) mass is 437 g/mol. The van der Waals surface area contributed by atoms with Gasteiger partial charge in [0, 0.05) is 33.0 Å². The molecule has 3 rings (SSSR count). The Morgan fingerprint density at radius 1 is 1.21 bits per heavy atom. The summed E-state index contributed by atoms with van der Waals surface area (Å²) in [5.41, 5.74) is 1.04. The van der Waals surface area contributed by atoms with E-state index >= 15 is 0 Å². The molecule has 144 valence electrons. The van der Waals surface area contributed by atoms with Crippen molar-refractivity contribution in [2.75, 3.05) is 7.11 Å². The van der Waals surface area contributed by atoms with Crippen LogP contribution in [0, 0.1) is 11.3 Å². The summed E-state index contributed by atoms with van der Waals surface area (Å²) in [5, 5.41) is 21.8. The number of ether oxygens (including phenoxy) is 2. The van der Waals surface area contributed by atoms with Gasteiger partial charge >= 0.3 is 11.8 Å². The Bertz CT molecular complexity index is 977. The highest BCUT2D eigenvalue weighted by molar-refractivity contribution is 6.36. The fourth-order valence-corrected chi connectivity index (χ4v) is 3.91. The van der Waals surface area contributed by atoms with Gasteiger partial charge in [0.15, 0.2) is 0 Å². The lowest BCUT2D eigenvalue weighted by Crippen LogP contribution is -2.46. The maximum atomic E-state index is 12.3. The number of nitrogens with zero attached hydrogens (tertiary/aromatic N) is 1. The standard InChI is InChI=1S/C20H14Cl3NO4/c1-27-19(25)20(26)9-13(17-15(22)3-2-4-16(17)23)14(10-24)18(28-20)11-5-7-12(21)8-6-11/h2-8,13,26H,9H2,1H3. The zero-order chi connectivity index (χ0) is 20.5. The second kappa shape index (κ2) is 8.02. The number of methoxy groups -OCH3 is 1. The molecule has 2 atom stereocenters. The number of esters is 1. The van der Waals surface area contributed by atoms with Crippen molar-refractivity contribution in [1.82, 2.24) is 0 Å². The maximum Gasteiger partial charge on any atom is 0.379 e. The molecule has 0 fully saturated rings. The minimum Gasteiger partial charge on any atom is -0.464 e. The van der Waals surface area contributed by atoms with E-state index in [1.165, 1.54) is 0 Å². The second-order valence-electron chi connectivity index (χ2n) is 6.13. The van der Waals surface area contributed by atoms with E-state index in [1.54, 1.807) is 42.5 Å². The lowest BCUT2D eigenvalue weighted by molar-refractivity contribution is -0.210. The highest BCUT2D eigenvalue weighted by atomic mass is 35.5. The van der Waals surface area contributed by atoms with Crippen molar-refractivity contribution in [3.8, 4) is 6.07 Å². The Morgan fingerprint density at radius 2 is 1.82 bits per heavy atom. The molecular weight excluding hydrogens is 425 g/mol. The van der Waals surface area contributed by atoms with Crippen molar-refractivity contribution in [1.29, 1.82) is 5.26 Å².